The summed E-state index contributed by atoms with van der Waals surface area (Å²) in [7, 11) is 0. The van der Waals surface area contributed by atoms with E-state index < -0.39 is 29.0 Å². The van der Waals surface area contributed by atoms with E-state index in [-0.39, 0.29) is 12.8 Å². The number of nitriles is 2. The molecular formula is C40H28N2O6. The zero-order valence-corrected chi connectivity index (χ0v) is 25.5. The number of nitrogens with zero attached hydrogens (tertiary/aromatic N) is 2. The molecule has 0 saturated heterocycles. The maximum atomic E-state index is 11.5. The van der Waals surface area contributed by atoms with Crippen molar-refractivity contribution in [2.45, 2.75) is 12.8 Å². The van der Waals surface area contributed by atoms with Gasteiger partial charge in [-0.1, -0.05) is 78.9 Å². The fraction of sp³-hybridized carbons (Fsp3) is 0.0500. The Bertz CT molecular complexity index is 2300. The summed E-state index contributed by atoms with van der Waals surface area (Å²) >= 11 is 0. The van der Waals surface area contributed by atoms with Gasteiger partial charge in [-0.15, -0.1) is 0 Å². The molecule has 4 N–H and O–H groups in total. The van der Waals surface area contributed by atoms with E-state index in [1.165, 1.54) is 33.7 Å². The third-order valence-electron chi connectivity index (χ3n) is 7.81. The van der Waals surface area contributed by atoms with Gasteiger partial charge in [-0.3, -0.25) is 0 Å². The zero-order chi connectivity index (χ0) is 34.2. The molecule has 0 aliphatic carbocycles. The highest BCUT2D eigenvalue weighted by molar-refractivity contribution is 6.09. The number of aliphatic hydroxyl groups is 2. The highest BCUT2D eigenvalue weighted by Gasteiger charge is 2.16. The molecule has 0 aliphatic heterocycles. The monoisotopic (exact) mass is 632 g/mol. The van der Waals surface area contributed by atoms with Crippen molar-refractivity contribution in [1.29, 1.82) is 10.5 Å². The molecule has 6 rings (SSSR count). The molecule has 48 heavy (non-hydrogen) atoms. The number of aryl methyl sites for hydroxylation is 1. The minimum Gasteiger partial charge on any atom is -0.481 e. The number of carbonyl (C=O) groups is 2. The summed E-state index contributed by atoms with van der Waals surface area (Å²) in [6.45, 7) is 0. The number of benzene rings is 6. The molecule has 0 atom stereocenters. The van der Waals surface area contributed by atoms with E-state index in [2.05, 4.69) is 60.7 Å². The van der Waals surface area contributed by atoms with Gasteiger partial charge in [0.1, 0.15) is 23.3 Å². The van der Waals surface area contributed by atoms with Gasteiger partial charge in [-0.2, -0.15) is 10.5 Å². The molecule has 0 unspecified atom stereocenters. The standard InChI is InChI=1S/C26H18N2O6.C14H10/c27-13-19(25(31)32)9-18-8-17(6-3-7-24(29)30)21(12-20(14-28)26(33)34)23-11-16-5-2-1-4-15(16)10-22(18)23;1-2-6-12-10-14-8-4-3-7-13(14)9-11(12)5-1/h1-2,4-5,7-12,29-30H,3,6H2,(H,31,32)(H,33,34);1-10H/b19-9?,20-12+;. The van der Waals surface area contributed by atoms with Crippen LogP contribution in [0.3, 0.4) is 0 Å². The van der Waals surface area contributed by atoms with Crippen LogP contribution in [0.25, 0.3) is 55.2 Å². The molecule has 0 aliphatic rings. The van der Waals surface area contributed by atoms with Gasteiger partial charge in [-0.05, 0) is 115 Å². The van der Waals surface area contributed by atoms with E-state index in [0.717, 1.165) is 16.8 Å². The molecule has 0 fully saturated rings. The second-order valence-corrected chi connectivity index (χ2v) is 10.9. The van der Waals surface area contributed by atoms with Crippen LogP contribution in [0.4, 0.5) is 0 Å². The molecule has 0 amide bonds. The van der Waals surface area contributed by atoms with Gasteiger partial charge in [0.05, 0.1) is 0 Å². The molecule has 0 aromatic heterocycles. The fourth-order valence-corrected chi connectivity index (χ4v) is 5.54. The summed E-state index contributed by atoms with van der Waals surface area (Å²) in [5.74, 6) is -3.67. The Morgan fingerprint density at radius 3 is 1.42 bits per heavy atom. The first-order chi connectivity index (χ1) is 23.2. The van der Waals surface area contributed by atoms with Crippen molar-refractivity contribution in [3.05, 3.63) is 143 Å². The molecule has 234 valence electrons. The minimum absolute atomic E-state index is 0.171. The Morgan fingerprint density at radius 1 is 0.583 bits per heavy atom. The van der Waals surface area contributed by atoms with E-state index >= 15 is 0 Å². The van der Waals surface area contributed by atoms with Gasteiger partial charge < -0.3 is 20.4 Å². The summed E-state index contributed by atoms with van der Waals surface area (Å²) < 4.78 is 0. The molecule has 0 bridgehead atoms. The fourth-order valence-electron chi connectivity index (χ4n) is 5.54. The molecule has 0 heterocycles. The minimum atomic E-state index is -1.41. The summed E-state index contributed by atoms with van der Waals surface area (Å²) in [4.78, 5) is 23.0. The van der Waals surface area contributed by atoms with E-state index in [9.17, 15) is 30.3 Å². The van der Waals surface area contributed by atoms with Crippen LogP contribution in [-0.2, 0) is 16.0 Å². The molecule has 8 heteroatoms. The number of carboxylic acids is 2. The lowest BCUT2D eigenvalue weighted by atomic mass is 9.89. The van der Waals surface area contributed by atoms with Crippen LogP contribution in [0.15, 0.2) is 126 Å². The highest BCUT2D eigenvalue weighted by Crippen LogP contribution is 2.34. The average molecular weight is 633 g/mol. The molecular weight excluding hydrogens is 604 g/mol. The molecule has 6 aromatic rings. The Hall–Kier alpha value is -6.90. The van der Waals surface area contributed by atoms with Crippen LogP contribution in [0.5, 0.6) is 0 Å². The summed E-state index contributed by atoms with van der Waals surface area (Å²) in [5.41, 5.74) is 0.389. The number of aliphatic carboxylic acids is 2. The lowest BCUT2D eigenvalue weighted by Crippen LogP contribution is -2.01. The average Bonchev–Trinajstić information content (AvgIpc) is 3.08. The van der Waals surface area contributed by atoms with Crippen LogP contribution >= 0.6 is 0 Å². The predicted molar refractivity (Wildman–Crippen MR) is 187 cm³/mol. The van der Waals surface area contributed by atoms with Gasteiger partial charge >= 0.3 is 11.9 Å². The summed E-state index contributed by atoms with van der Waals surface area (Å²) in [6, 6.07) is 37.4. The Kier molecular flexibility index (Phi) is 9.79. The number of allylic oxidation sites excluding steroid dienone is 1. The SMILES string of the molecule is N#CC(=Cc1cc(CCC=C(O)O)c(/C=C(\C#N)C(=O)O)c2cc3ccccc3cc12)C(=O)O.c1ccc2cc3ccccc3cc2c1. The maximum Gasteiger partial charge on any atom is 0.346 e. The van der Waals surface area contributed by atoms with E-state index in [1.54, 1.807) is 30.3 Å². The van der Waals surface area contributed by atoms with Crippen LogP contribution in [0.2, 0.25) is 0 Å². The second kappa shape index (κ2) is 14.5. The van der Waals surface area contributed by atoms with E-state index in [0.29, 0.717) is 27.5 Å². The first-order valence-electron chi connectivity index (χ1n) is 14.8. The number of hydrogen-bond donors (Lipinski definition) is 4. The van der Waals surface area contributed by atoms with Crippen molar-refractivity contribution in [3.8, 4) is 12.1 Å². The number of rotatable bonds is 7. The van der Waals surface area contributed by atoms with Crippen LogP contribution < -0.4 is 0 Å². The molecule has 8 nitrogen and oxygen atoms in total. The largest absolute Gasteiger partial charge is 0.481 e. The highest BCUT2D eigenvalue weighted by atomic mass is 16.5. The first-order valence-corrected chi connectivity index (χ1v) is 14.8. The molecule has 0 radical (unpaired) electrons. The Balaban J connectivity index is 0.000000264. The van der Waals surface area contributed by atoms with Crippen molar-refractivity contribution in [1.82, 2.24) is 0 Å². The second-order valence-electron chi connectivity index (χ2n) is 10.9. The van der Waals surface area contributed by atoms with Crippen LogP contribution in [0.1, 0.15) is 23.1 Å². The predicted octanol–water partition coefficient (Wildman–Crippen LogP) is 8.86. The van der Waals surface area contributed by atoms with Gasteiger partial charge in [0.2, 0.25) is 0 Å². The number of carboxylic acid groups (broad SMARTS) is 2. The smallest absolute Gasteiger partial charge is 0.346 e. The van der Waals surface area contributed by atoms with Crippen molar-refractivity contribution >= 4 is 67.2 Å². The first kappa shape index (κ1) is 32.5. The maximum absolute atomic E-state index is 11.5. The summed E-state index contributed by atoms with van der Waals surface area (Å²) in [5, 5.41) is 63.5. The van der Waals surface area contributed by atoms with Crippen molar-refractivity contribution in [3.63, 3.8) is 0 Å². The number of hydrogen-bond acceptors (Lipinski definition) is 6. The normalized spacial score (nSPS) is 11.4. The van der Waals surface area contributed by atoms with E-state index in [1.807, 2.05) is 24.3 Å². The van der Waals surface area contributed by atoms with Gasteiger partial charge in [0, 0.05) is 0 Å². The third kappa shape index (κ3) is 7.31. The topological polar surface area (TPSA) is 163 Å². The lowest BCUT2D eigenvalue weighted by Gasteiger charge is -2.15. The van der Waals surface area contributed by atoms with Gasteiger partial charge in [-0.25, -0.2) is 9.59 Å². The summed E-state index contributed by atoms with van der Waals surface area (Å²) in [6.07, 6.45) is 4.02. The number of fused-ring (bicyclic) bond motifs is 4. The number of aliphatic hydroxyl groups excluding tert-OH is 1. The quantitative estimate of drug-likeness (QED) is 0.0587. The van der Waals surface area contributed by atoms with Crippen LogP contribution in [0, 0.1) is 22.7 Å². The lowest BCUT2D eigenvalue weighted by molar-refractivity contribution is -0.133. The van der Waals surface area contributed by atoms with Gasteiger partial charge in [0.15, 0.2) is 0 Å². The molecule has 6 aromatic carbocycles. The van der Waals surface area contributed by atoms with Gasteiger partial charge in [0.25, 0.3) is 5.95 Å². The van der Waals surface area contributed by atoms with Crippen molar-refractivity contribution in [2.24, 2.45) is 0 Å². The molecule has 0 spiro atoms. The Labute approximate surface area is 275 Å². The van der Waals surface area contributed by atoms with Crippen molar-refractivity contribution in [2.75, 3.05) is 0 Å². The Morgan fingerprint density at radius 2 is 1.00 bits per heavy atom. The zero-order valence-electron chi connectivity index (χ0n) is 25.5. The van der Waals surface area contributed by atoms with Crippen LogP contribution in [-0.4, -0.2) is 32.4 Å². The third-order valence-corrected chi connectivity index (χ3v) is 7.81. The van der Waals surface area contributed by atoms with E-state index in [4.69, 9.17) is 10.2 Å². The molecule has 0 saturated carbocycles. The van der Waals surface area contributed by atoms with Crippen molar-refractivity contribution < 1.29 is 30.0 Å².